The Labute approximate surface area is 205 Å². The lowest BCUT2D eigenvalue weighted by molar-refractivity contribution is -0.128. The highest BCUT2D eigenvalue weighted by atomic mass is 16.5. The van der Waals surface area contributed by atoms with Gasteiger partial charge in [-0.25, -0.2) is 0 Å². The zero-order chi connectivity index (χ0) is 24.0. The van der Waals surface area contributed by atoms with Gasteiger partial charge in [0.1, 0.15) is 12.4 Å². The van der Waals surface area contributed by atoms with Crippen molar-refractivity contribution in [2.75, 3.05) is 46.0 Å². The molecular weight excluding hydrogens is 442 g/mol. The van der Waals surface area contributed by atoms with Gasteiger partial charge in [0.05, 0.1) is 19.8 Å². The van der Waals surface area contributed by atoms with E-state index in [0.717, 1.165) is 24.8 Å². The minimum atomic E-state index is -0.0137. The fourth-order valence-electron chi connectivity index (χ4n) is 4.97. The first-order valence-corrected chi connectivity index (χ1v) is 12.4. The van der Waals surface area contributed by atoms with E-state index in [4.69, 9.17) is 9.47 Å². The van der Waals surface area contributed by atoms with Crippen molar-refractivity contribution in [2.45, 2.75) is 19.3 Å². The number of pyridine rings is 1. The van der Waals surface area contributed by atoms with Crippen LogP contribution in [0.4, 0.5) is 0 Å². The van der Waals surface area contributed by atoms with Crippen LogP contribution in [-0.4, -0.2) is 72.6 Å². The first-order valence-electron chi connectivity index (χ1n) is 12.4. The Morgan fingerprint density at radius 1 is 1.14 bits per heavy atom. The molecule has 35 heavy (non-hydrogen) atoms. The summed E-state index contributed by atoms with van der Waals surface area (Å²) >= 11 is 0. The van der Waals surface area contributed by atoms with E-state index in [1.165, 1.54) is 10.9 Å². The summed E-state index contributed by atoms with van der Waals surface area (Å²) < 4.78 is 11.7. The van der Waals surface area contributed by atoms with E-state index in [1.54, 1.807) is 6.07 Å². The van der Waals surface area contributed by atoms with Crippen molar-refractivity contribution in [2.24, 2.45) is 5.92 Å². The maximum Gasteiger partial charge on any atom is 0.254 e. The molecular formula is C28H31N3O4. The largest absolute Gasteiger partial charge is 0.492 e. The van der Waals surface area contributed by atoms with Crippen molar-refractivity contribution in [3.63, 3.8) is 0 Å². The molecule has 0 radical (unpaired) electrons. The zero-order valence-corrected chi connectivity index (χ0v) is 19.9. The van der Waals surface area contributed by atoms with Gasteiger partial charge in [-0.05, 0) is 48.1 Å². The Kier molecular flexibility index (Phi) is 7.23. The Balaban J connectivity index is 1.23. The number of rotatable bonds is 7. The predicted octanol–water partition coefficient (Wildman–Crippen LogP) is 3.57. The highest BCUT2D eigenvalue weighted by Crippen LogP contribution is 2.23. The van der Waals surface area contributed by atoms with E-state index in [0.29, 0.717) is 57.2 Å². The Morgan fingerprint density at radius 3 is 2.94 bits per heavy atom. The summed E-state index contributed by atoms with van der Waals surface area (Å²) in [4.78, 5) is 33.2. The summed E-state index contributed by atoms with van der Waals surface area (Å²) in [5.41, 5.74) is 1.83. The molecule has 0 bridgehead atoms. The van der Waals surface area contributed by atoms with Gasteiger partial charge in [-0.3, -0.25) is 14.6 Å². The molecule has 7 heteroatoms. The van der Waals surface area contributed by atoms with Crippen molar-refractivity contribution < 1.29 is 19.1 Å². The summed E-state index contributed by atoms with van der Waals surface area (Å²) in [5.74, 6) is 1.02. The second-order valence-electron chi connectivity index (χ2n) is 9.27. The van der Waals surface area contributed by atoms with Crippen molar-refractivity contribution in [1.29, 1.82) is 0 Å². The summed E-state index contributed by atoms with van der Waals surface area (Å²) in [6.45, 7) is 4.15. The van der Waals surface area contributed by atoms with Crippen LogP contribution in [0.1, 0.15) is 28.8 Å². The summed E-state index contributed by atoms with van der Waals surface area (Å²) in [6, 6.07) is 15.7. The van der Waals surface area contributed by atoms with E-state index in [-0.39, 0.29) is 17.7 Å². The Hall–Kier alpha value is -3.45. The lowest BCUT2D eigenvalue weighted by Gasteiger charge is -2.24. The molecule has 2 amide bonds. The van der Waals surface area contributed by atoms with Crippen molar-refractivity contribution in [3.8, 4) is 5.75 Å². The molecule has 1 aromatic heterocycles. The molecule has 1 atom stereocenters. The smallest absolute Gasteiger partial charge is 0.254 e. The SMILES string of the molecule is O=C1CCCN1CCOc1cccc(C(=O)N2CCOC[C@@H](Cc3cccc4ccncc34)C2)c1. The van der Waals surface area contributed by atoms with E-state index >= 15 is 0 Å². The highest BCUT2D eigenvalue weighted by molar-refractivity contribution is 5.94. The number of nitrogens with zero attached hydrogens (tertiary/aromatic N) is 3. The molecule has 7 nitrogen and oxygen atoms in total. The van der Waals surface area contributed by atoms with Crippen LogP contribution in [0.2, 0.25) is 0 Å². The van der Waals surface area contributed by atoms with E-state index in [1.807, 2.05) is 46.5 Å². The van der Waals surface area contributed by atoms with Gasteiger partial charge in [0.2, 0.25) is 5.91 Å². The summed E-state index contributed by atoms with van der Waals surface area (Å²) in [5, 5.41) is 2.32. The highest BCUT2D eigenvalue weighted by Gasteiger charge is 2.25. The topological polar surface area (TPSA) is 72.0 Å². The van der Waals surface area contributed by atoms with Gasteiger partial charge >= 0.3 is 0 Å². The molecule has 0 unspecified atom stereocenters. The van der Waals surface area contributed by atoms with Crippen LogP contribution in [-0.2, 0) is 16.0 Å². The van der Waals surface area contributed by atoms with Crippen LogP contribution in [0.15, 0.2) is 60.9 Å². The lowest BCUT2D eigenvalue weighted by Crippen LogP contribution is -2.36. The van der Waals surface area contributed by atoms with Gasteiger partial charge in [-0.1, -0.05) is 24.3 Å². The number of hydrogen-bond donors (Lipinski definition) is 0. The molecule has 2 aliphatic heterocycles. The molecule has 0 spiro atoms. The Bertz CT molecular complexity index is 1190. The van der Waals surface area contributed by atoms with Crippen LogP contribution in [0.3, 0.4) is 0 Å². The standard InChI is InChI=1S/C28H31N3O4/c32-27-8-3-11-30(27)13-15-35-25-7-2-6-24(17-25)28(33)31-12-14-34-20-21(19-31)16-23-5-1-4-22-9-10-29-18-26(22)23/h1-2,4-7,9-10,17-18,21H,3,8,11-16,19-20H2/t21-/m0/s1. The predicted molar refractivity (Wildman–Crippen MR) is 133 cm³/mol. The molecule has 2 aliphatic rings. The molecule has 182 valence electrons. The summed E-state index contributed by atoms with van der Waals surface area (Å²) in [6.07, 6.45) is 6.09. The van der Waals surface area contributed by atoms with E-state index < -0.39 is 0 Å². The average molecular weight is 474 g/mol. The normalized spacial score (nSPS) is 18.6. The first kappa shape index (κ1) is 23.3. The van der Waals surface area contributed by atoms with Gasteiger partial charge in [0.25, 0.3) is 5.91 Å². The number of fused-ring (bicyclic) bond motifs is 1. The van der Waals surface area contributed by atoms with Crippen LogP contribution in [0, 0.1) is 5.92 Å². The van der Waals surface area contributed by atoms with Crippen LogP contribution >= 0.6 is 0 Å². The monoisotopic (exact) mass is 473 g/mol. The molecule has 2 saturated heterocycles. The molecule has 3 aromatic rings. The number of carbonyl (C=O) groups is 2. The molecule has 2 fully saturated rings. The minimum absolute atomic E-state index is 0.0137. The van der Waals surface area contributed by atoms with Crippen molar-refractivity contribution in [1.82, 2.24) is 14.8 Å². The van der Waals surface area contributed by atoms with Gasteiger partial charge in [-0.2, -0.15) is 0 Å². The second-order valence-corrected chi connectivity index (χ2v) is 9.27. The van der Waals surface area contributed by atoms with Crippen LogP contribution in [0.25, 0.3) is 10.8 Å². The van der Waals surface area contributed by atoms with Crippen molar-refractivity contribution >= 4 is 22.6 Å². The average Bonchev–Trinajstić information content (AvgIpc) is 3.15. The number of aromatic nitrogens is 1. The number of ether oxygens (including phenoxy) is 2. The third-order valence-electron chi connectivity index (χ3n) is 6.79. The maximum atomic E-state index is 13.4. The van der Waals surface area contributed by atoms with Crippen molar-refractivity contribution in [3.05, 3.63) is 72.1 Å². The van der Waals surface area contributed by atoms with Crippen LogP contribution < -0.4 is 4.74 Å². The number of likely N-dealkylation sites (tertiary alicyclic amines) is 1. The fraction of sp³-hybridized carbons (Fsp3) is 0.393. The van der Waals surface area contributed by atoms with Crippen LogP contribution in [0.5, 0.6) is 5.75 Å². The van der Waals surface area contributed by atoms with Gasteiger partial charge in [0.15, 0.2) is 0 Å². The fourth-order valence-corrected chi connectivity index (χ4v) is 4.97. The molecule has 3 heterocycles. The number of amides is 2. The third-order valence-corrected chi connectivity index (χ3v) is 6.79. The number of hydrogen-bond acceptors (Lipinski definition) is 5. The maximum absolute atomic E-state index is 13.4. The van der Waals surface area contributed by atoms with Gasteiger partial charge < -0.3 is 19.3 Å². The van der Waals surface area contributed by atoms with E-state index in [2.05, 4.69) is 23.2 Å². The third kappa shape index (κ3) is 5.62. The number of benzene rings is 2. The Morgan fingerprint density at radius 2 is 2.06 bits per heavy atom. The lowest BCUT2D eigenvalue weighted by atomic mass is 9.95. The quantitative estimate of drug-likeness (QED) is 0.525. The summed E-state index contributed by atoms with van der Waals surface area (Å²) in [7, 11) is 0. The molecule has 5 rings (SSSR count). The second kappa shape index (κ2) is 10.9. The van der Waals surface area contributed by atoms with Gasteiger partial charge in [-0.15, -0.1) is 0 Å². The zero-order valence-electron chi connectivity index (χ0n) is 19.9. The minimum Gasteiger partial charge on any atom is -0.492 e. The van der Waals surface area contributed by atoms with Gasteiger partial charge in [0, 0.05) is 55.3 Å². The first-order chi connectivity index (χ1) is 17.2. The molecule has 0 aliphatic carbocycles. The molecule has 0 N–H and O–H groups in total. The van der Waals surface area contributed by atoms with E-state index in [9.17, 15) is 9.59 Å². The molecule has 2 aromatic carbocycles. The molecule has 0 saturated carbocycles. The number of carbonyl (C=O) groups excluding carboxylic acids is 2.